The first-order valence-electron chi connectivity index (χ1n) is 8.60. The van der Waals surface area contributed by atoms with Gasteiger partial charge in [0.2, 0.25) is 5.88 Å². The van der Waals surface area contributed by atoms with E-state index in [0.717, 1.165) is 10.1 Å². The monoisotopic (exact) mass is 418 g/mol. The average molecular weight is 419 g/mol. The van der Waals surface area contributed by atoms with E-state index >= 15 is 0 Å². The minimum atomic E-state index is -0.598. The Hall–Kier alpha value is -2.58. The zero-order valence-corrected chi connectivity index (χ0v) is 17.0. The van der Waals surface area contributed by atoms with E-state index < -0.39 is 11.4 Å². The van der Waals surface area contributed by atoms with Gasteiger partial charge in [-0.15, -0.1) is 0 Å². The van der Waals surface area contributed by atoms with Crippen LogP contribution < -0.4 is 16.1 Å². The van der Waals surface area contributed by atoms with Crippen LogP contribution in [0.1, 0.15) is 18.1 Å². The van der Waals surface area contributed by atoms with Crippen LogP contribution in [0.3, 0.4) is 0 Å². The Bertz CT molecular complexity index is 1080. The third-order valence-corrected chi connectivity index (χ3v) is 5.12. The number of thioether (sulfide) groups is 1. The molecule has 0 N–H and O–H groups in total. The van der Waals surface area contributed by atoms with E-state index in [1.807, 2.05) is 19.1 Å². The number of halogens is 1. The van der Waals surface area contributed by atoms with Gasteiger partial charge in [0, 0.05) is 16.8 Å². The summed E-state index contributed by atoms with van der Waals surface area (Å²) >= 11 is 7.29. The molecule has 0 bridgehead atoms. The molecule has 0 amide bonds. The quantitative estimate of drug-likeness (QED) is 0.549. The van der Waals surface area contributed by atoms with E-state index in [9.17, 15) is 9.59 Å². The summed E-state index contributed by atoms with van der Waals surface area (Å²) < 4.78 is 7.82. The van der Waals surface area contributed by atoms with Gasteiger partial charge in [0.15, 0.2) is 5.16 Å². The van der Waals surface area contributed by atoms with E-state index in [2.05, 4.69) is 9.97 Å². The fourth-order valence-electron chi connectivity index (χ4n) is 2.69. The Labute approximate surface area is 171 Å². The molecule has 2 heterocycles. The van der Waals surface area contributed by atoms with Crippen LogP contribution in [0, 0.1) is 0 Å². The zero-order valence-electron chi connectivity index (χ0n) is 15.5. The molecule has 0 unspecified atom stereocenters. The minimum absolute atomic E-state index is 0.0272. The van der Waals surface area contributed by atoms with Crippen molar-refractivity contribution in [2.24, 2.45) is 0 Å². The van der Waals surface area contributed by atoms with Crippen molar-refractivity contribution in [2.75, 3.05) is 12.9 Å². The molecule has 0 aliphatic rings. The van der Waals surface area contributed by atoms with Crippen molar-refractivity contribution in [3.05, 3.63) is 79.7 Å². The number of hydrogen-bond donors (Lipinski definition) is 0. The summed E-state index contributed by atoms with van der Waals surface area (Å²) in [4.78, 5) is 33.9. The topological polar surface area (TPSA) is 79.0 Å². The predicted octanol–water partition coefficient (Wildman–Crippen LogP) is 2.67. The molecule has 0 aliphatic heterocycles. The van der Waals surface area contributed by atoms with Crippen LogP contribution in [-0.2, 0) is 13.1 Å². The third kappa shape index (κ3) is 4.45. The molecule has 2 aromatic heterocycles. The van der Waals surface area contributed by atoms with Crippen LogP contribution in [0.2, 0.25) is 5.02 Å². The Morgan fingerprint density at radius 3 is 2.54 bits per heavy atom. The number of benzene rings is 1. The molecule has 0 saturated carbocycles. The van der Waals surface area contributed by atoms with Crippen molar-refractivity contribution < 1.29 is 4.74 Å². The number of aromatic nitrogens is 4. The van der Waals surface area contributed by atoms with Crippen molar-refractivity contribution >= 4 is 23.4 Å². The lowest BCUT2D eigenvalue weighted by Crippen LogP contribution is -2.43. The van der Waals surface area contributed by atoms with Crippen molar-refractivity contribution in [3.8, 4) is 5.88 Å². The fraction of sp³-hybridized carbons (Fsp3) is 0.263. The van der Waals surface area contributed by atoms with E-state index in [1.165, 1.54) is 23.4 Å². The number of pyridine rings is 1. The highest BCUT2D eigenvalue weighted by atomic mass is 35.5. The number of ether oxygens (including phenoxy) is 1. The maximum atomic E-state index is 13.1. The van der Waals surface area contributed by atoms with Crippen LogP contribution in [0.5, 0.6) is 5.88 Å². The maximum Gasteiger partial charge on any atom is 0.354 e. The second-order valence-electron chi connectivity index (χ2n) is 5.86. The highest BCUT2D eigenvalue weighted by Crippen LogP contribution is 2.16. The van der Waals surface area contributed by atoms with Gasteiger partial charge in [0.05, 0.1) is 20.2 Å². The lowest BCUT2D eigenvalue weighted by Gasteiger charge is -2.14. The van der Waals surface area contributed by atoms with Crippen LogP contribution in [0.25, 0.3) is 0 Å². The fourth-order valence-corrected chi connectivity index (χ4v) is 3.52. The van der Waals surface area contributed by atoms with Gasteiger partial charge < -0.3 is 4.74 Å². The molecule has 0 atom stereocenters. The molecule has 9 heteroatoms. The molecule has 7 nitrogen and oxygen atoms in total. The smallest absolute Gasteiger partial charge is 0.354 e. The van der Waals surface area contributed by atoms with Gasteiger partial charge in [-0.1, -0.05) is 48.5 Å². The van der Waals surface area contributed by atoms with Gasteiger partial charge >= 0.3 is 11.4 Å². The first-order valence-corrected chi connectivity index (χ1v) is 9.96. The van der Waals surface area contributed by atoms with Crippen LogP contribution >= 0.6 is 23.4 Å². The average Bonchev–Trinajstić information content (AvgIpc) is 2.70. The normalized spacial score (nSPS) is 10.8. The van der Waals surface area contributed by atoms with E-state index in [4.69, 9.17) is 16.3 Å². The van der Waals surface area contributed by atoms with E-state index in [1.54, 1.807) is 30.5 Å². The van der Waals surface area contributed by atoms with Crippen molar-refractivity contribution in [1.29, 1.82) is 0 Å². The SMILES string of the molecule is CCSc1nc(=O)n(Cc2cccnc2OC)c(=O)n1Cc1ccc(Cl)cc1. The molecular formula is C19H19ClN4O3S. The molecule has 28 heavy (non-hydrogen) atoms. The van der Waals surface area contributed by atoms with E-state index in [0.29, 0.717) is 27.4 Å². The zero-order chi connectivity index (χ0) is 20.1. The highest BCUT2D eigenvalue weighted by Gasteiger charge is 2.15. The number of methoxy groups -OCH3 is 1. The molecule has 146 valence electrons. The summed E-state index contributed by atoms with van der Waals surface area (Å²) in [6.45, 7) is 2.25. The lowest BCUT2D eigenvalue weighted by molar-refractivity contribution is 0.389. The molecule has 0 radical (unpaired) electrons. The first-order chi connectivity index (χ1) is 13.5. The summed E-state index contributed by atoms with van der Waals surface area (Å²) in [5.74, 6) is 1.05. The van der Waals surface area contributed by atoms with Gasteiger partial charge in [-0.05, 0) is 29.5 Å². The van der Waals surface area contributed by atoms with Gasteiger partial charge in [0.1, 0.15) is 0 Å². The minimum Gasteiger partial charge on any atom is -0.481 e. The molecule has 0 aliphatic carbocycles. The van der Waals surface area contributed by atoms with E-state index in [-0.39, 0.29) is 13.1 Å². The second kappa shape index (κ2) is 9.07. The molecule has 3 aromatic rings. The summed E-state index contributed by atoms with van der Waals surface area (Å²) in [6.07, 6.45) is 1.59. The summed E-state index contributed by atoms with van der Waals surface area (Å²) in [5.41, 5.74) is 0.478. The van der Waals surface area contributed by atoms with Crippen LogP contribution in [0.15, 0.2) is 57.3 Å². The molecule has 0 fully saturated rings. The van der Waals surface area contributed by atoms with Crippen molar-refractivity contribution in [2.45, 2.75) is 25.2 Å². The van der Waals surface area contributed by atoms with Gasteiger partial charge in [-0.2, -0.15) is 4.98 Å². The summed E-state index contributed by atoms with van der Waals surface area (Å²) in [5, 5.41) is 1.01. The maximum absolute atomic E-state index is 13.1. The lowest BCUT2D eigenvalue weighted by atomic mass is 10.2. The van der Waals surface area contributed by atoms with Crippen LogP contribution in [0.4, 0.5) is 0 Å². The standard InChI is InChI=1S/C19H19ClN4O3S/c1-3-28-18-22-17(25)23(12-14-5-4-10-21-16(14)27-2)19(26)24(18)11-13-6-8-15(20)9-7-13/h4-10H,3,11-12H2,1-2H3. The second-order valence-corrected chi connectivity index (χ2v) is 7.53. The highest BCUT2D eigenvalue weighted by molar-refractivity contribution is 7.99. The molecule has 1 aromatic carbocycles. The number of rotatable bonds is 7. The van der Waals surface area contributed by atoms with Gasteiger partial charge in [0.25, 0.3) is 0 Å². The molecular weight excluding hydrogens is 400 g/mol. The molecule has 0 spiro atoms. The van der Waals surface area contributed by atoms with Gasteiger partial charge in [-0.25, -0.2) is 19.1 Å². The Morgan fingerprint density at radius 1 is 1.11 bits per heavy atom. The largest absolute Gasteiger partial charge is 0.481 e. The first kappa shape index (κ1) is 20.2. The van der Waals surface area contributed by atoms with Crippen molar-refractivity contribution in [3.63, 3.8) is 0 Å². The van der Waals surface area contributed by atoms with Crippen LogP contribution in [-0.4, -0.2) is 32.0 Å². The molecule has 0 saturated heterocycles. The predicted molar refractivity (Wildman–Crippen MR) is 110 cm³/mol. The molecule has 3 rings (SSSR count). The Balaban J connectivity index is 2.07. The number of nitrogens with zero attached hydrogens (tertiary/aromatic N) is 4. The Kier molecular flexibility index (Phi) is 6.53. The summed E-state index contributed by atoms with van der Waals surface area (Å²) in [6, 6.07) is 10.7. The summed E-state index contributed by atoms with van der Waals surface area (Å²) in [7, 11) is 1.49. The van der Waals surface area contributed by atoms with Gasteiger partial charge in [-0.3, -0.25) is 4.57 Å². The third-order valence-electron chi connectivity index (χ3n) is 4.01. The van der Waals surface area contributed by atoms with Crippen molar-refractivity contribution in [1.82, 2.24) is 19.1 Å². The Morgan fingerprint density at radius 2 is 1.86 bits per heavy atom. The number of hydrogen-bond acceptors (Lipinski definition) is 6.